The summed E-state index contributed by atoms with van der Waals surface area (Å²) in [6, 6.07) is 0. The molecule has 0 amide bonds. The molecule has 0 bridgehead atoms. The van der Waals surface area contributed by atoms with E-state index >= 15 is 0 Å². The van der Waals surface area contributed by atoms with E-state index in [9.17, 15) is 4.79 Å². The second kappa shape index (κ2) is 5.77. The zero-order chi connectivity index (χ0) is 14.8. The summed E-state index contributed by atoms with van der Waals surface area (Å²) in [5.41, 5.74) is 0.338. The van der Waals surface area contributed by atoms with Crippen molar-refractivity contribution in [1.29, 1.82) is 0 Å². The van der Waals surface area contributed by atoms with Crippen molar-refractivity contribution in [3.05, 3.63) is 18.1 Å². The molecule has 2 rings (SSSR count). The number of aromatic nitrogens is 2. The van der Waals surface area contributed by atoms with Crippen LogP contribution in [0.5, 0.6) is 5.88 Å². The van der Waals surface area contributed by atoms with Crippen molar-refractivity contribution in [2.24, 2.45) is 5.92 Å². The first-order chi connectivity index (χ1) is 9.35. The van der Waals surface area contributed by atoms with Crippen LogP contribution in [0.1, 0.15) is 45.7 Å². The Bertz CT molecular complexity index is 482. The van der Waals surface area contributed by atoms with Gasteiger partial charge in [0.05, 0.1) is 11.6 Å². The number of hydrogen-bond donors (Lipinski definition) is 0. The molecule has 2 atom stereocenters. The average Bonchev–Trinajstić information content (AvgIpc) is 2.79. The van der Waals surface area contributed by atoms with Crippen LogP contribution < -0.4 is 4.74 Å². The fraction of sp³-hybridized carbons (Fsp3) is 0.667. The molecule has 0 N–H and O–H groups in total. The normalized spacial score (nSPS) is 22.6. The molecule has 0 radical (unpaired) electrons. The van der Waals surface area contributed by atoms with Gasteiger partial charge in [-0.3, -0.25) is 9.78 Å². The zero-order valence-electron chi connectivity index (χ0n) is 12.5. The summed E-state index contributed by atoms with van der Waals surface area (Å²) in [7, 11) is 0. The maximum absolute atomic E-state index is 12.0. The van der Waals surface area contributed by atoms with Crippen molar-refractivity contribution >= 4 is 5.97 Å². The number of ether oxygens (including phenoxy) is 2. The van der Waals surface area contributed by atoms with Crippen molar-refractivity contribution in [3.8, 4) is 5.88 Å². The molecule has 20 heavy (non-hydrogen) atoms. The highest BCUT2D eigenvalue weighted by Crippen LogP contribution is 2.31. The van der Waals surface area contributed by atoms with Gasteiger partial charge in [-0.05, 0) is 47.0 Å². The van der Waals surface area contributed by atoms with E-state index in [1.54, 1.807) is 12.4 Å². The minimum atomic E-state index is -0.433. The second-order valence-corrected chi connectivity index (χ2v) is 6.23. The summed E-state index contributed by atoms with van der Waals surface area (Å²) in [6.07, 6.45) is 5.61. The van der Waals surface area contributed by atoms with Crippen LogP contribution in [0.3, 0.4) is 0 Å². The van der Waals surface area contributed by atoms with Crippen LogP contribution in [0.2, 0.25) is 0 Å². The predicted octanol–water partition coefficient (Wildman–Crippen LogP) is 2.67. The highest BCUT2D eigenvalue weighted by molar-refractivity contribution is 5.73. The van der Waals surface area contributed by atoms with Crippen LogP contribution in [0.4, 0.5) is 0 Å². The fourth-order valence-corrected chi connectivity index (χ4v) is 2.31. The Morgan fingerprint density at radius 3 is 2.60 bits per heavy atom. The predicted molar refractivity (Wildman–Crippen MR) is 74.4 cm³/mol. The van der Waals surface area contributed by atoms with Crippen LogP contribution >= 0.6 is 0 Å². The molecule has 0 aromatic carbocycles. The van der Waals surface area contributed by atoms with Gasteiger partial charge < -0.3 is 9.47 Å². The molecule has 1 aliphatic rings. The van der Waals surface area contributed by atoms with E-state index in [2.05, 4.69) is 9.97 Å². The zero-order valence-corrected chi connectivity index (χ0v) is 12.5. The molecule has 1 aromatic rings. The molecular formula is C15H22N2O3. The van der Waals surface area contributed by atoms with Crippen LogP contribution in [0.15, 0.2) is 12.4 Å². The summed E-state index contributed by atoms with van der Waals surface area (Å²) < 4.78 is 11.3. The van der Waals surface area contributed by atoms with Gasteiger partial charge in [-0.25, -0.2) is 4.98 Å². The number of rotatable bonds is 3. The van der Waals surface area contributed by atoms with Crippen molar-refractivity contribution in [2.45, 2.75) is 58.7 Å². The lowest BCUT2D eigenvalue weighted by Gasteiger charge is -2.22. The molecular weight excluding hydrogens is 256 g/mol. The third-order valence-electron chi connectivity index (χ3n) is 3.24. The van der Waals surface area contributed by atoms with Gasteiger partial charge >= 0.3 is 5.97 Å². The van der Waals surface area contributed by atoms with Gasteiger partial charge in [0, 0.05) is 12.4 Å². The van der Waals surface area contributed by atoms with Gasteiger partial charge in [0.15, 0.2) is 0 Å². The van der Waals surface area contributed by atoms with E-state index in [0.717, 1.165) is 18.5 Å². The van der Waals surface area contributed by atoms with E-state index < -0.39 is 5.60 Å². The quantitative estimate of drug-likeness (QED) is 0.795. The van der Waals surface area contributed by atoms with Crippen molar-refractivity contribution < 1.29 is 14.3 Å². The standard InChI is InChI=1S/C15H22N2O3/c1-10-13(17-8-7-16-10)19-12-6-5-11(9-12)14(18)20-15(2,3)4/h7-8,11-12H,5-6,9H2,1-4H3/t11-,12-/m1/s1. The van der Waals surface area contributed by atoms with Crippen LogP contribution in [0.25, 0.3) is 0 Å². The minimum absolute atomic E-state index is 0.0166. The average molecular weight is 278 g/mol. The first-order valence-corrected chi connectivity index (χ1v) is 7.02. The molecule has 0 saturated heterocycles. The molecule has 0 unspecified atom stereocenters. The summed E-state index contributed by atoms with van der Waals surface area (Å²) in [6.45, 7) is 7.52. The SMILES string of the molecule is Cc1nccnc1O[C@@H]1CC[C@@H](C(=O)OC(C)(C)C)C1. The number of nitrogens with zero attached hydrogens (tertiary/aromatic N) is 2. The first kappa shape index (κ1) is 14.8. The second-order valence-electron chi connectivity index (χ2n) is 6.23. The number of carbonyl (C=O) groups excluding carboxylic acids is 1. The molecule has 1 saturated carbocycles. The van der Waals surface area contributed by atoms with Crippen LogP contribution in [-0.4, -0.2) is 27.6 Å². The monoisotopic (exact) mass is 278 g/mol. The van der Waals surface area contributed by atoms with E-state index in [4.69, 9.17) is 9.47 Å². The number of hydrogen-bond acceptors (Lipinski definition) is 5. The first-order valence-electron chi connectivity index (χ1n) is 7.02. The lowest BCUT2D eigenvalue weighted by Crippen LogP contribution is -2.28. The van der Waals surface area contributed by atoms with Gasteiger partial charge in [-0.15, -0.1) is 0 Å². The van der Waals surface area contributed by atoms with E-state index in [0.29, 0.717) is 12.3 Å². The number of esters is 1. The third kappa shape index (κ3) is 3.92. The van der Waals surface area contributed by atoms with E-state index in [1.165, 1.54) is 0 Å². The molecule has 110 valence electrons. The van der Waals surface area contributed by atoms with Crippen molar-refractivity contribution in [2.75, 3.05) is 0 Å². The topological polar surface area (TPSA) is 61.3 Å². The lowest BCUT2D eigenvalue weighted by atomic mass is 10.1. The Hall–Kier alpha value is -1.65. The Morgan fingerprint density at radius 2 is 1.95 bits per heavy atom. The Balaban J connectivity index is 1.90. The van der Waals surface area contributed by atoms with Crippen LogP contribution in [0, 0.1) is 12.8 Å². The van der Waals surface area contributed by atoms with Gasteiger partial charge in [0.1, 0.15) is 11.7 Å². The van der Waals surface area contributed by atoms with Gasteiger partial charge in [-0.1, -0.05) is 0 Å². The summed E-state index contributed by atoms with van der Waals surface area (Å²) in [5.74, 6) is 0.359. The molecule has 0 spiro atoms. The van der Waals surface area contributed by atoms with E-state index in [1.807, 2.05) is 27.7 Å². The van der Waals surface area contributed by atoms with Gasteiger partial charge in [0.25, 0.3) is 0 Å². The Morgan fingerprint density at radius 1 is 1.25 bits per heavy atom. The van der Waals surface area contributed by atoms with Crippen LogP contribution in [-0.2, 0) is 9.53 Å². The largest absolute Gasteiger partial charge is 0.473 e. The number of carbonyl (C=O) groups is 1. The summed E-state index contributed by atoms with van der Waals surface area (Å²) in [4.78, 5) is 20.3. The van der Waals surface area contributed by atoms with Crippen molar-refractivity contribution in [3.63, 3.8) is 0 Å². The molecule has 1 aliphatic carbocycles. The summed E-state index contributed by atoms with van der Waals surface area (Å²) in [5, 5.41) is 0. The molecule has 0 aliphatic heterocycles. The molecule has 1 aromatic heterocycles. The minimum Gasteiger partial charge on any atom is -0.473 e. The fourth-order valence-electron chi connectivity index (χ4n) is 2.31. The molecule has 1 heterocycles. The molecule has 5 nitrogen and oxygen atoms in total. The van der Waals surface area contributed by atoms with E-state index in [-0.39, 0.29) is 18.0 Å². The summed E-state index contributed by atoms with van der Waals surface area (Å²) >= 11 is 0. The van der Waals surface area contributed by atoms with Gasteiger partial charge in [-0.2, -0.15) is 0 Å². The highest BCUT2D eigenvalue weighted by atomic mass is 16.6. The maximum Gasteiger partial charge on any atom is 0.309 e. The smallest absolute Gasteiger partial charge is 0.309 e. The maximum atomic E-state index is 12.0. The Kier molecular flexibility index (Phi) is 4.26. The Labute approximate surface area is 119 Å². The van der Waals surface area contributed by atoms with Crippen molar-refractivity contribution in [1.82, 2.24) is 9.97 Å². The molecule has 1 fully saturated rings. The third-order valence-corrected chi connectivity index (χ3v) is 3.24. The lowest BCUT2D eigenvalue weighted by molar-refractivity contribution is -0.159. The number of aryl methyl sites for hydroxylation is 1. The highest BCUT2D eigenvalue weighted by Gasteiger charge is 2.34. The van der Waals surface area contributed by atoms with Gasteiger partial charge in [0.2, 0.25) is 5.88 Å². The molecule has 5 heteroatoms.